The molecule has 5 N–H and O–H groups in total. The van der Waals surface area contributed by atoms with Gasteiger partial charge < -0.3 is 35.0 Å². The minimum atomic E-state index is -1.73. The molecule has 0 radical (unpaired) electrons. The summed E-state index contributed by atoms with van der Waals surface area (Å²) >= 11 is 0. The molecule has 8 heteroatoms. The summed E-state index contributed by atoms with van der Waals surface area (Å²) < 4.78 is 5.40. The lowest BCUT2D eigenvalue weighted by Gasteiger charge is -2.26. The number of carbonyl (C=O) groups is 1. The maximum Gasteiger partial charge on any atom is 0.344 e. The number of hydrogen-bond acceptors (Lipinski definition) is 8. The molecule has 0 aliphatic carbocycles. The van der Waals surface area contributed by atoms with Crippen molar-refractivity contribution >= 4 is 22.9 Å². The van der Waals surface area contributed by atoms with Gasteiger partial charge in [0.25, 0.3) is 0 Å². The molecule has 0 spiro atoms. The van der Waals surface area contributed by atoms with Crippen LogP contribution in [0, 0.1) is 0 Å². The highest BCUT2D eigenvalue weighted by molar-refractivity contribution is 5.84. The number of carbonyl (C=O) groups excluding carboxylic acids is 1. The number of fused-ring (bicyclic) bond motifs is 1. The minimum Gasteiger partial charge on any atom is -0.422 e. The van der Waals surface area contributed by atoms with Gasteiger partial charge in [-0.1, -0.05) is 30.3 Å². The van der Waals surface area contributed by atoms with Crippen LogP contribution in [0.3, 0.4) is 0 Å². The van der Waals surface area contributed by atoms with Crippen molar-refractivity contribution in [2.24, 2.45) is 0 Å². The summed E-state index contributed by atoms with van der Waals surface area (Å²) in [5.41, 5.74) is 1.26. The fraction of sp³-hybridized carbons (Fsp3) is 0.238. The zero-order valence-corrected chi connectivity index (χ0v) is 15.3. The minimum absolute atomic E-state index is 0.273. The third-order valence-electron chi connectivity index (χ3n) is 4.60. The van der Waals surface area contributed by atoms with Crippen LogP contribution in [0.1, 0.15) is 0 Å². The molecule has 1 aromatic heterocycles. The first-order valence-electron chi connectivity index (χ1n) is 8.95. The monoisotopic (exact) mass is 399 g/mol. The predicted octanol–water partition coefficient (Wildman–Crippen LogP) is 0.514. The Morgan fingerprint density at radius 2 is 1.72 bits per heavy atom. The van der Waals surface area contributed by atoms with Crippen molar-refractivity contribution in [2.75, 3.05) is 11.9 Å². The van der Waals surface area contributed by atoms with Crippen LogP contribution in [-0.2, 0) is 4.79 Å². The van der Waals surface area contributed by atoms with Gasteiger partial charge in [-0.15, -0.1) is 0 Å². The van der Waals surface area contributed by atoms with Crippen LogP contribution in [0.4, 0.5) is 5.69 Å². The maximum atomic E-state index is 12.4. The van der Waals surface area contributed by atoms with E-state index in [4.69, 9.17) is 9.52 Å². The molecular weight excluding hydrogens is 378 g/mol. The van der Waals surface area contributed by atoms with Crippen molar-refractivity contribution in [3.63, 3.8) is 0 Å². The Morgan fingerprint density at radius 1 is 1.00 bits per heavy atom. The highest BCUT2D eigenvalue weighted by Gasteiger charge is 2.31. The Bertz CT molecular complexity index is 1030. The van der Waals surface area contributed by atoms with Crippen molar-refractivity contribution < 1.29 is 29.6 Å². The van der Waals surface area contributed by atoms with E-state index >= 15 is 0 Å². The average molecular weight is 399 g/mol. The van der Waals surface area contributed by atoms with Gasteiger partial charge >= 0.3 is 5.63 Å². The lowest BCUT2D eigenvalue weighted by Crippen LogP contribution is -2.49. The summed E-state index contributed by atoms with van der Waals surface area (Å²) in [5, 5.41) is 41.6. The molecule has 152 valence electrons. The molecule has 0 amide bonds. The Kier molecular flexibility index (Phi) is 6.40. The molecule has 0 saturated heterocycles. The van der Waals surface area contributed by atoms with Crippen LogP contribution in [-0.4, -0.2) is 57.7 Å². The molecule has 29 heavy (non-hydrogen) atoms. The average Bonchev–Trinajstić information content (AvgIpc) is 2.75. The lowest BCUT2D eigenvalue weighted by molar-refractivity contribution is -0.117. The molecule has 0 aliphatic rings. The molecule has 0 aliphatic heterocycles. The topological polar surface area (TPSA) is 140 Å². The van der Waals surface area contributed by atoms with Gasteiger partial charge in [-0.3, -0.25) is 0 Å². The third-order valence-corrected chi connectivity index (χ3v) is 4.60. The maximum absolute atomic E-state index is 12.4. The number of hydrogen-bond donors (Lipinski definition) is 5. The summed E-state index contributed by atoms with van der Waals surface area (Å²) in [6.45, 7) is -0.769. The highest BCUT2D eigenvalue weighted by atomic mass is 16.4. The summed E-state index contributed by atoms with van der Waals surface area (Å²) in [6.07, 6.45) is -4.62. The summed E-state index contributed by atoms with van der Waals surface area (Å²) in [5.74, 6) is 0. The first-order chi connectivity index (χ1) is 13.9. The van der Waals surface area contributed by atoms with Gasteiger partial charge in [-0.25, -0.2) is 4.79 Å². The number of anilines is 1. The molecule has 0 bridgehead atoms. The number of aldehydes is 1. The van der Waals surface area contributed by atoms with Crippen molar-refractivity contribution in [3.8, 4) is 11.1 Å². The van der Waals surface area contributed by atoms with E-state index in [1.165, 1.54) is 6.07 Å². The highest BCUT2D eigenvalue weighted by Crippen LogP contribution is 2.24. The second-order valence-electron chi connectivity index (χ2n) is 6.60. The van der Waals surface area contributed by atoms with E-state index in [1.54, 1.807) is 30.3 Å². The second-order valence-corrected chi connectivity index (χ2v) is 6.60. The Balaban J connectivity index is 1.88. The van der Waals surface area contributed by atoms with Gasteiger partial charge in [0.05, 0.1) is 12.2 Å². The van der Waals surface area contributed by atoms with E-state index in [1.807, 2.05) is 18.2 Å². The first kappa shape index (κ1) is 20.7. The van der Waals surface area contributed by atoms with E-state index < -0.39 is 36.6 Å². The zero-order valence-electron chi connectivity index (χ0n) is 15.3. The van der Waals surface area contributed by atoms with E-state index in [0.717, 1.165) is 5.56 Å². The molecule has 0 saturated carbocycles. The van der Waals surface area contributed by atoms with Gasteiger partial charge in [0.15, 0.2) is 0 Å². The quantitative estimate of drug-likeness (QED) is 0.273. The van der Waals surface area contributed by atoms with Crippen LogP contribution in [0.15, 0.2) is 63.8 Å². The third kappa shape index (κ3) is 4.52. The molecular formula is C21H21NO7. The number of rotatable bonds is 8. The lowest BCUT2D eigenvalue weighted by atomic mass is 10.0. The van der Waals surface area contributed by atoms with E-state index in [9.17, 15) is 24.9 Å². The molecule has 0 unspecified atom stereocenters. The smallest absolute Gasteiger partial charge is 0.344 e. The summed E-state index contributed by atoms with van der Waals surface area (Å²) in [7, 11) is 0. The first-order valence-corrected chi connectivity index (χ1v) is 8.95. The van der Waals surface area contributed by atoms with Crippen molar-refractivity contribution in [1.29, 1.82) is 0 Å². The van der Waals surface area contributed by atoms with Crippen LogP contribution >= 0.6 is 0 Å². The normalized spacial score (nSPS) is 15.4. The molecule has 4 atom stereocenters. The standard InChI is InChI=1S/C21H21NO7/c23-10-16(19(26)20(27)17(25)11-24)22-14-7-6-13-8-15(12-4-2-1-3-5-12)21(28)29-18(13)9-14/h1-10,16-17,19-20,22,24-27H,11H2/t16-,17+,19+,20+/m1/s1. The second kappa shape index (κ2) is 8.97. The molecule has 2 aromatic carbocycles. The van der Waals surface area contributed by atoms with E-state index in [-0.39, 0.29) is 5.58 Å². The molecule has 3 aromatic rings. The number of benzene rings is 2. The molecule has 8 nitrogen and oxygen atoms in total. The molecule has 0 fully saturated rings. The van der Waals surface area contributed by atoms with Gasteiger partial charge in [0, 0.05) is 17.1 Å². The van der Waals surface area contributed by atoms with E-state index in [0.29, 0.717) is 22.9 Å². The number of nitrogens with one attached hydrogen (secondary N) is 1. The van der Waals surface area contributed by atoms with Crippen molar-refractivity contribution in [2.45, 2.75) is 24.4 Å². The fourth-order valence-corrected chi connectivity index (χ4v) is 2.96. The number of aliphatic hydroxyl groups excluding tert-OH is 4. The Hall–Kier alpha value is -3.04. The Labute approximate surface area is 165 Å². The molecule has 3 rings (SSSR count). The van der Waals surface area contributed by atoms with Gasteiger partial charge in [-0.05, 0) is 23.8 Å². The largest absolute Gasteiger partial charge is 0.422 e. The van der Waals surface area contributed by atoms with Crippen LogP contribution < -0.4 is 10.9 Å². The van der Waals surface area contributed by atoms with Gasteiger partial charge in [0.2, 0.25) is 0 Å². The van der Waals surface area contributed by atoms with Gasteiger partial charge in [-0.2, -0.15) is 0 Å². The molecule has 1 heterocycles. The predicted molar refractivity (Wildman–Crippen MR) is 107 cm³/mol. The van der Waals surface area contributed by atoms with Crippen LogP contribution in [0.5, 0.6) is 0 Å². The van der Waals surface area contributed by atoms with Gasteiger partial charge in [0.1, 0.15) is 36.2 Å². The SMILES string of the molecule is O=C[C@@H](Nc1ccc2cc(-c3ccccc3)c(=O)oc2c1)[C@H](O)[C@@H](O)[C@@H](O)CO. The van der Waals surface area contributed by atoms with Crippen molar-refractivity contribution in [1.82, 2.24) is 0 Å². The zero-order chi connectivity index (χ0) is 21.0. The Morgan fingerprint density at radius 3 is 2.38 bits per heavy atom. The summed E-state index contributed by atoms with van der Waals surface area (Å²) in [4.78, 5) is 23.7. The van der Waals surface area contributed by atoms with Crippen molar-refractivity contribution in [3.05, 3.63) is 65.0 Å². The fourth-order valence-electron chi connectivity index (χ4n) is 2.96. The van der Waals surface area contributed by atoms with Crippen LogP contribution in [0.2, 0.25) is 0 Å². The summed E-state index contributed by atoms with van der Waals surface area (Å²) in [6, 6.07) is 14.3. The van der Waals surface area contributed by atoms with E-state index in [2.05, 4.69) is 5.32 Å². The van der Waals surface area contributed by atoms with Crippen LogP contribution in [0.25, 0.3) is 22.1 Å². The number of aliphatic hydroxyl groups is 4.